The van der Waals surface area contributed by atoms with Gasteiger partial charge in [0.1, 0.15) is 12.4 Å². The van der Waals surface area contributed by atoms with Crippen LogP contribution in [0.15, 0.2) is 24.3 Å². The summed E-state index contributed by atoms with van der Waals surface area (Å²) >= 11 is 0. The Morgan fingerprint density at radius 1 is 1.38 bits per heavy atom. The molecule has 0 spiro atoms. The fourth-order valence-electron chi connectivity index (χ4n) is 2.82. The van der Waals surface area contributed by atoms with E-state index < -0.39 is 0 Å². The Hall–Kier alpha value is -0.770. The molecule has 0 radical (unpaired) electrons. The zero-order valence-corrected chi connectivity index (χ0v) is 14.3. The Balaban J connectivity index is 0.00000220. The molecule has 0 saturated carbocycles. The second kappa shape index (κ2) is 8.02. The van der Waals surface area contributed by atoms with Gasteiger partial charge < -0.3 is 10.5 Å². The Kier molecular flexibility index (Phi) is 6.98. The first-order valence-electron chi connectivity index (χ1n) is 7.71. The molecule has 1 aliphatic rings. The lowest BCUT2D eigenvalue weighted by molar-refractivity contribution is 0.0831. The minimum Gasteiger partial charge on any atom is -0.492 e. The topological polar surface area (TPSA) is 38.5 Å². The third-order valence-electron chi connectivity index (χ3n) is 4.37. The van der Waals surface area contributed by atoms with Crippen LogP contribution in [0, 0.1) is 5.41 Å². The summed E-state index contributed by atoms with van der Waals surface area (Å²) in [7, 11) is 0. The van der Waals surface area contributed by atoms with Crippen LogP contribution < -0.4 is 10.5 Å². The first-order valence-corrected chi connectivity index (χ1v) is 7.71. The van der Waals surface area contributed by atoms with Crippen LogP contribution in [0.3, 0.4) is 0 Å². The molecule has 4 heteroatoms. The Morgan fingerprint density at radius 3 is 2.81 bits per heavy atom. The van der Waals surface area contributed by atoms with Crippen molar-refractivity contribution in [3.05, 3.63) is 29.8 Å². The molecule has 0 aliphatic carbocycles. The van der Waals surface area contributed by atoms with E-state index in [-0.39, 0.29) is 17.8 Å². The zero-order valence-electron chi connectivity index (χ0n) is 13.5. The van der Waals surface area contributed by atoms with Gasteiger partial charge in [0.05, 0.1) is 0 Å². The minimum absolute atomic E-state index is 0. The summed E-state index contributed by atoms with van der Waals surface area (Å²) in [5.74, 6) is 0.984. The summed E-state index contributed by atoms with van der Waals surface area (Å²) in [5, 5.41) is 0. The van der Waals surface area contributed by atoms with E-state index in [4.69, 9.17) is 10.5 Å². The summed E-state index contributed by atoms with van der Waals surface area (Å²) in [5.41, 5.74) is 7.70. The third kappa shape index (κ3) is 5.17. The van der Waals surface area contributed by atoms with Crippen LogP contribution in [0.2, 0.25) is 0 Å². The minimum atomic E-state index is 0. The number of nitrogens with zero attached hydrogens (tertiary/aromatic N) is 1. The van der Waals surface area contributed by atoms with E-state index >= 15 is 0 Å². The van der Waals surface area contributed by atoms with Crippen LogP contribution in [-0.4, -0.2) is 37.2 Å². The smallest absolute Gasteiger partial charge is 0.119 e. The van der Waals surface area contributed by atoms with Gasteiger partial charge in [-0.25, -0.2) is 0 Å². The lowest BCUT2D eigenvalue weighted by Gasteiger charge is -2.42. The molecule has 21 heavy (non-hydrogen) atoms. The van der Waals surface area contributed by atoms with E-state index in [9.17, 15) is 0 Å². The van der Waals surface area contributed by atoms with Crippen molar-refractivity contribution in [2.24, 2.45) is 11.1 Å². The number of ether oxygens (including phenoxy) is 1. The molecule has 2 N–H and O–H groups in total. The van der Waals surface area contributed by atoms with Crippen molar-refractivity contribution in [2.75, 3.05) is 26.2 Å². The van der Waals surface area contributed by atoms with Crippen LogP contribution in [0.4, 0.5) is 0 Å². The summed E-state index contributed by atoms with van der Waals surface area (Å²) < 4.78 is 5.87. The zero-order chi connectivity index (χ0) is 14.6. The molecule has 0 bridgehead atoms. The molecule has 1 aliphatic heterocycles. The fraction of sp³-hybridized carbons (Fsp3) is 0.647. The van der Waals surface area contributed by atoms with Crippen LogP contribution in [0.1, 0.15) is 32.8 Å². The highest BCUT2D eigenvalue weighted by atomic mass is 35.5. The van der Waals surface area contributed by atoms with E-state index in [1.54, 1.807) is 0 Å². The quantitative estimate of drug-likeness (QED) is 0.908. The molecule has 2 rings (SSSR count). The molecule has 1 fully saturated rings. The van der Waals surface area contributed by atoms with Gasteiger partial charge in [-0.2, -0.15) is 0 Å². The number of halogens is 1. The second-order valence-corrected chi connectivity index (χ2v) is 6.51. The predicted octanol–water partition coefficient (Wildman–Crippen LogP) is 3.11. The summed E-state index contributed by atoms with van der Waals surface area (Å²) in [6.45, 7) is 10.6. The van der Waals surface area contributed by atoms with Gasteiger partial charge in [0.15, 0.2) is 0 Å². The largest absolute Gasteiger partial charge is 0.492 e. The molecule has 0 aromatic heterocycles. The van der Waals surface area contributed by atoms with Crippen molar-refractivity contribution in [3.8, 4) is 5.75 Å². The molecule has 1 aromatic rings. The highest BCUT2D eigenvalue weighted by Crippen LogP contribution is 2.27. The highest BCUT2D eigenvalue weighted by molar-refractivity contribution is 5.85. The maximum Gasteiger partial charge on any atom is 0.119 e. The second-order valence-electron chi connectivity index (χ2n) is 6.51. The van der Waals surface area contributed by atoms with Gasteiger partial charge in [-0.15, -0.1) is 12.4 Å². The average Bonchev–Trinajstić information content (AvgIpc) is 2.43. The maximum atomic E-state index is 6.17. The lowest BCUT2D eigenvalue weighted by atomic mass is 9.80. The van der Waals surface area contributed by atoms with Crippen molar-refractivity contribution in [2.45, 2.75) is 39.7 Å². The van der Waals surface area contributed by atoms with E-state index in [2.05, 4.69) is 43.9 Å². The average molecular weight is 313 g/mol. The van der Waals surface area contributed by atoms with Gasteiger partial charge in [-0.05, 0) is 42.5 Å². The van der Waals surface area contributed by atoms with E-state index in [1.807, 2.05) is 6.07 Å². The summed E-state index contributed by atoms with van der Waals surface area (Å²) in [6, 6.07) is 8.70. The Morgan fingerprint density at radius 2 is 2.14 bits per heavy atom. The van der Waals surface area contributed by atoms with Gasteiger partial charge in [0.25, 0.3) is 0 Å². The molecule has 1 atom stereocenters. The third-order valence-corrected chi connectivity index (χ3v) is 4.37. The number of likely N-dealkylation sites (tertiary alicyclic amines) is 1. The van der Waals surface area contributed by atoms with Crippen LogP contribution in [0.25, 0.3) is 0 Å². The Bertz CT molecular complexity index is 437. The van der Waals surface area contributed by atoms with Crippen molar-refractivity contribution in [1.29, 1.82) is 0 Å². The number of piperidine rings is 1. The molecule has 0 amide bonds. The number of hydrogen-bond acceptors (Lipinski definition) is 3. The number of nitrogens with two attached hydrogens (primary N) is 1. The van der Waals surface area contributed by atoms with Gasteiger partial charge in [0.2, 0.25) is 0 Å². The number of benzene rings is 1. The number of hydrogen-bond donors (Lipinski definition) is 1. The van der Waals surface area contributed by atoms with Gasteiger partial charge >= 0.3 is 0 Å². The molecule has 1 heterocycles. The van der Waals surface area contributed by atoms with E-state index in [1.165, 1.54) is 5.56 Å². The number of aryl methyl sites for hydroxylation is 1. The molecule has 1 saturated heterocycles. The SMILES string of the molecule is CCc1cccc(OCCN2CCC(N)C(C)(C)C2)c1.Cl. The van der Waals surface area contributed by atoms with Gasteiger partial charge in [0, 0.05) is 19.1 Å². The molecule has 120 valence electrons. The molecular formula is C17H29ClN2O. The fourth-order valence-corrected chi connectivity index (χ4v) is 2.82. The molecule has 1 aromatic carbocycles. The maximum absolute atomic E-state index is 6.17. The summed E-state index contributed by atoms with van der Waals surface area (Å²) in [6.07, 6.45) is 2.13. The standard InChI is InChI=1S/C17H28N2O.ClH/c1-4-14-6-5-7-15(12-14)20-11-10-19-9-8-16(18)17(2,3)13-19;/h5-7,12,16H,4,8-11,13,18H2,1-3H3;1H. The first-order chi connectivity index (χ1) is 9.51. The lowest BCUT2D eigenvalue weighted by Crippen LogP contribution is -2.53. The first kappa shape index (κ1) is 18.3. The van der Waals surface area contributed by atoms with Crippen molar-refractivity contribution in [1.82, 2.24) is 4.90 Å². The highest BCUT2D eigenvalue weighted by Gasteiger charge is 2.32. The van der Waals surface area contributed by atoms with Crippen LogP contribution in [0.5, 0.6) is 5.75 Å². The van der Waals surface area contributed by atoms with Crippen LogP contribution >= 0.6 is 12.4 Å². The van der Waals surface area contributed by atoms with Crippen molar-refractivity contribution in [3.63, 3.8) is 0 Å². The van der Waals surface area contributed by atoms with E-state index in [0.29, 0.717) is 6.04 Å². The molecular weight excluding hydrogens is 284 g/mol. The monoisotopic (exact) mass is 312 g/mol. The molecule has 3 nitrogen and oxygen atoms in total. The number of rotatable bonds is 5. The normalized spacial score (nSPS) is 21.6. The van der Waals surface area contributed by atoms with Crippen molar-refractivity contribution >= 4 is 12.4 Å². The van der Waals surface area contributed by atoms with Crippen LogP contribution in [-0.2, 0) is 6.42 Å². The molecule has 1 unspecified atom stereocenters. The summed E-state index contributed by atoms with van der Waals surface area (Å²) in [4.78, 5) is 2.47. The Labute approximate surface area is 135 Å². The van der Waals surface area contributed by atoms with Crippen molar-refractivity contribution < 1.29 is 4.74 Å². The van der Waals surface area contributed by atoms with Gasteiger partial charge in [-0.1, -0.05) is 32.9 Å². The predicted molar refractivity (Wildman–Crippen MR) is 91.4 cm³/mol. The van der Waals surface area contributed by atoms with E-state index in [0.717, 1.165) is 44.8 Å². The van der Waals surface area contributed by atoms with Gasteiger partial charge in [-0.3, -0.25) is 4.90 Å².